The Bertz CT molecular complexity index is 402. The minimum atomic E-state index is -0.310. The van der Waals surface area contributed by atoms with Crippen LogP contribution in [-0.2, 0) is 0 Å². The molecule has 0 saturated heterocycles. The third-order valence-corrected chi connectivity index (χ3v) is 2.91. The zero-order valence-electron chi connectivity index (χ0n) is 8.26. The predicted octanol–water partition coefficient (Wildman–Crippen LogP) is 2.35. The molecule has 0 amide bonds. The average Bonchev–Trinajstić information content (AvgIpc) is 2.41. The van der Waals surface area contributed by atoms with Crippen LogP contribution in [0, 0.1) is 0 Å². The molecule has 0 radical (unpaired) electrons. The molecule has 2 heteroatoms. The second-order valence-electron chi connectivity index (χ2n) is 3.78. The first kappa shape index (κ1) is 8.57. The Morgan fingerprint density at radius 1 is 1.23 bits per heavy atom. The Kier molecular flexibility index (Phi) is 2.00. The molecule has 1 aliphatic carbocycles. The van der Waals surface area contributed by atoms with Gasteiger partial charge in [-0.05, 0) is 30.7 Å². The van der Waals surface area contributed by atoms with Crippen LogP contribution < -0.4 is 0 Å². The first-order valence-corrected chi connectivity index (χ1v) is 7.08. The lowest BCUT2D eigenvalue weighted by Gasteiger charge is -1.88. The van der Waals surface area contributed by atoms with E-state index >= 15 is 0 Å². The molecule has 0 N–H and O–H groups in total. The Morgan fingerprint density at radius 3 is 2.62 bits per heavy atom. The van der Waals surface area contributed by atoms with Gasteiger partial charge < -0.3 is 0 Å². The maximum Gasteiger partial charge on any atom is 0.0712 e. The number of hydrogen-bond acceptors (Lipinski definition) is 1. The van der Waals surface area contributed by atoms with Crippen LogP contribution in [0.4, 0.5) is 0 Å². The van der Waals surface area contributed by atoms with Crippen molar-refractivity contribution in [2.45, 2.75) is 20.0 Å². The summed E-state index contributed by atoms with van der Waals surface area (Å²) in [6.07, 6.45) is 6.52. The van der Waals surface area contributed by atoms with Gasteiger partial charge in [-0.1, -0.05) is 18.8 Å². The molecule has 1 nitrogen and oxygen atoms in total. The monoisotopic (exact) mass is 187 g/mol. The molecule has 0 bridgehead atoms. The van der Waals surface area contributed by atoms with Gasteiger partial charge in [-0.25, -0.2) is 4.99 Å². The molecule has 0 spiro atoms. The second-order valence-corrected chi connectivity index (χ2v) is 6.22. The Hall–Kier alpha value is -1.02. The van der Waals surface area contributed by atoms with E-state index in [0.29, 0.717) is 0 Å². The van der Waals surface area contributed by atoms with Crippen molar-refractivity contribution >= 4 is 19.8 Å². The lowest BCUT2D eigenvalue weighted by molar-refractivity contribution is 1.51. The molecule has 0 aromatic rings. The number of allylic oxidation sites excluding steroid dienone is 6. The fourth-order valence-electron chi connectivity index (χ4n) is 1.57. The molecule has 0 saturated carbocycles. The lowest BCUT2D eigenvalue weighted by Crippen LogP contribution is -1.92. The van der Waals surface area contributed by atoms with Gasteiger partial charge in [-0.3, -0.25) is 0 Å². The average molecular weight is 187 g/mol. The summed E-state index contributed by atoms with van der Waals surface area (Å²) < 4.78 is 0. The SMILES string of the molecule is CC1=CC2=NC(C=[Si](C)C)=CC2=C1. The standard InChI is InChI=1S/C11H13NSi/c1-8-4-9-6-10(7-13(2)3)12-11(9)5-8/h4-7H,1-3H3. The van der Waals surface area contributed by atoms with Crippen molar-refractivity contribution in [3.8, 4) is 0 Å². The quantitative estimate of drug-likeness (QED) is 0.559. The minimum Gasteiger partial charge on any atom is -0.249 e. The van der Waals surface area contributed by atoms with Gasteiger partial charge in [0.05, 0.1) is 11.4 Å². The zero-order valence-corrected chi connectivity index (χ0v) is 9.26. The second kappa shape index (κ2) is 3.03. The molecule has 1 heterocycles. The van der Waals surface area contributed by atoms with Crippen LogP contribution in [0.5, 0.6) is 0 Å². The number of fused-ring (bicyclic) bond motifs is 1. The van der Waals surface area contributed by atoms with E-state index < -0.39 is 0 Å². The van der Waals surface area contributed by atoms with Gasteiger partial charge >= 0.3 is 0 Å². The van der Waals surface area contributed by atoms with Crippen LogP contribution in [0.1, 0.15) is 6.92 Å². The smallest absolute Gasteiger partial charge is 0.0712 e. The lowest BCUT2D eigenvalue weighted by atomic mass is 10.2. The molecule has 13 heavy (non-hydrogen) atoms. The van der Waals surface area contributed by atoms with E-state index in [-0.39, 0.29) is 8.41 Å². The summed E-state index contributed by atoms with van der Waals surface area (Å²) in [4.78, 5) is 4.54. The van der Waals surface area contributed by atoms with Crippen molar-refractivity contribution in [3.63, 3.8) is 0 Å². The minimum absolute atomic E-state index is 0.310. The van der Waals surface area contributed by atoms with Crippen LogP contribution >= 0.6 is 0 Å². The fourth-order valence-corrected chi connectivity index (χ4v) is 2.31. The Balaban J connectivity index is 2.31. The van der Waals surface area contributed by atoms with Gasteiger partial charge in [-0.2, -0.15) is 0 Å². The molecule has 0 aromatic carbocycles. The van der Waals surface area contributed by atoms with Crippen LogP contribution in [0.2, 0.25) is 13.1 Å². The van der Waals surface area contributed by atoms with E-state index in [1.54, 1.807) is 0 Å². The van der Waals surface area contributed by atoms with Crippen LogP contribution in [-0.4, -0.2) is 19.8 Å². The fraction of sp³-hybridized carbons (Fsp3) is 0.273. The largest absolute Gasteiger partial charge is 0.249 e. The molecule has 66 valence electrons. The third kappa shape index (κ3) is 1.68. The van der Waals surface area contributed by atoms with Crippen molar-refractivity contribution < 1.29 is 0 Å². The number of hydrogen-bond donors (Lipinski definition) is 0. The highest BCUT2D eigenvalue weighted by Crippen LogP contribution is 2.23. The van der Waals surface area contributed by atoms with E-state index in [9.17, 15) is 0 Å². The van der Waals surface area contributed by atoms with E-state index in [1.165, 1.54) is 11.1 Å². The zero-order chi connectivity index (χ0) is 9.42. The third-order valence-electron chi connectivity index (χ3n) is 2.03. The highest BCUT2D eigenvalue weighted by molar-refractivity contribution is 6.66. The maximum atomic E-state index is 4.54. The molecule has 2 aliphatic rings. The van der Waals surface area contributed by atoms with Crippen LogP contribution in [0.3, 0.4) is 0 Å². The predicted molar refractivity (Wildman–Crippen MR) is 60.9 cm³/mol. The van der Waals surface area contributed by atoms with Crippen molar-refractivity contribution in [3.05, 3.63) is 35.1 Å². The summed E-state index contributed by atoms with van der Waals surface area (Å²) in [5.74, 6) is 0. The van der Waals surface area contributed by atoms with E-state index in [4.69, 9.17) is 0 Å². The molecule has 0 fully saturated rings. The molecule has 2 rings (SSSR count). The maximum absolute atomic E-state index is 4.54. The summed E-state index contributed by atoms with van der Waals surface area (Å²) in [6.45, 7) is 6.66. The van der Waals surface area contributed by atoms with E-state index in [2.05, 4.69) is 48.9 Å². The number of rotatable bonds is 1. The Labute approximate surface area is 80.4 Å². The molecule has 0 aromatic heterocycles. The topological polar surface area (TPSA) is 12.4 Å². The van der Waals surface area contributed by atoms with E-state index in [0.717, 1.165) is 11.4 Å². The van der Waals surface area contributed by atoms with Crippen molar-refractivity contribution in [2.24, 2.45) is 4.99 Å². The van der Waals surface area contributed by atoms with Crippen LogP contribution in [0.15, 0.2) is 40.1 Å². The number of aliphatic imine (C=N–C) groups is 1. The van der Waals surface area contributed by atoms with Gasteiger partial charge in [-0.15, -0.1) is 0 Å². The normalized spacial score (nSPS) is 18.7. The van der Waals surface area contributed by atoms with Gasteiger partial charge in [0.1, 0.15) is 0 Å². The van der Waals surface area contributed by atoms with Crippen molar-refractivity contribution in [1.82, 2.24) is 0 Å². The molecule has 0 atom stereocenters. The van der Waals surface area contributed by atoms with Crippen LogP contribution in [0.25, 0.3) is 0 Å². The molecule has 1 aliphatic heterocycles. The Morgan fingerprint density at radius 2 is 2.00 bits per heavy atom. The first-order valence-electron chi connectivity index (χ1n) is 4.51. The molecular formula is C11H13NSi. The summed E-state index contributed by atoms with van der Waals surface area (Å²) in [5, 5.41) is 0. The van der Waals surface area contributed by atoms with Crippen molar-refractivity contribution in [2.75, 3.05) is 0 Å². The summed E-state index contributed by atoms with van der Waals surface area (Å²) in [7, 11) is -0.310. The molecular weight excluding hydrogens is 174 g/mol. The summed E-state index contributed by atoms with van der Waals surface area (Å²) in [5.41, 5.74) is 7.19. The van der Waals surface area contributed by atoms with E-state index in [1.807, 2.05) is 0 Å². The highest BCUT2D eigenvalue weighted by atomic mass is 28.2. The van der Waals surface area contributed by atoms with Gasteiger partial charge in [0, 0.05) is 14.0 Å². The summed E-state index contributed by atoms with van der Waals surface area (Å²) in [6, 6.07) is 0. The highest BCUT2D eigenvalue weighted by Gasteiger charge is 2.15. The van der Waals surface area contributed by atoms with Gasteiger partial charge in [0.25, 0.3) is 0 Å². The van der Waals surface area contributed by atoms with Crippen molar-refractivity contribution in [1.29, 1.82) is 0 Å². The number of nitrogens with zero attached hydrogens (tertiary/aromatic N) is 1. The van der Waals surface area contributed by atoms with Gasteiger partial charge in [0.15, 0.2) is 0 Å². The van der Waals surface area contributed by atoms with Gasteiger partial charge in [0.2, 0.25) is 0 Å². The first-order chi connectivity index (χ1) is 6.15. The molecule has 0 unspecified atom stereocenters. The summed E-state index contributed by atoms with van der Waals surface area (Å²) >= 11 is 0.